The van der Waals surface area contributed by atoms with Crippen molar-refractivity contribution in [1.29, 1.82) is 0 Å². The summed E-state index contributed by atoms with van der Waals surface area (Å²) in [5.41, 5.74) is 1.93. The number of sulfonamides is 1. The molecule has 13 heteroatoms. The van der Waals surface area contributed by atoms with Crippen molar-refractivity contribution in [2.45, 2.75) is 24.7 Å². The van der Waals surface area contributed by atoms with Crippen molar-refractivity contribution in [3.63, 3.8) is 0 Å². The van der Waals surface area contributed by atoms with Crippen LogP contribution in [0, 0.1) is 6.92 Å². The molecule has 2 N–H and O–H groups in total. The normalized spacial score (nSPS) is 11.4. The Morgan fingerprint density at radius 1 is 1.12 bits per heavy atom. The molecule has 0 aliphatic rings. The third kappa shape index (κ3) is 5.44. The first-order valence-electron chi connectivity index (χ1n) is 10.1. The highest BCUT2D eigenvalue weighted by atomic mass is 32.2. The lowest BCUT2D eigenvalue weighted by Crippen LogP contribution is -2.23. The third-order valence-corrected chi connectivity index (χ3v) is 7.16. The zero-order valence-corrected chi connectivity index (χ0v) is 19.8. The summed E-state index contributed by atoms with van der Waals surface area (Å²) in [4.78, 5) is 16.6. The number of aryl methyl sites for hydroxylation is 1. The molecule has 0 atom stereocenters. The van der Waals surface area contributed by atoms with E-state index in [1.54, 1.807) is 49.4 Å². The van der Waals surface area contributed by atoms with Gasteiger partial charge in [0.15, 0.2) is 0 Å². The summed E-state index contributed by atoms with van der Waals surface area (Å²) in [5, 5.41) is 13.9. The Hall–Kier alpha value is -3.68. The molecule has 2 aromatic carbocycles. The third-order valence-electron chi connectivity index (χ3n) is 4.55. The molecule has 0 saturated carbocycles. The molecule has 4 rings (SSSR count). The Labute approximate surface area is 199 Å². The molecule has 0 unspecified atom stereocenters. The molecule has 176 valence electrons. The van der Waals surface area contributed by atoms with Crippen molar-refractivity contribution in [2.75, 3.05) is 11.9 Å². The van der Waals surface area contributed by atoms with Gasteiger partial charge in [0.1, 0.15) is 5.75 Å². The molecule has 2 aromatic heterocycles. The Morgan fingerprint density at radius 2 is 1.88 bits per heavy atom. The second-order valence-corrected chi connectivity index (χ2v) is 9.85. The van der Waals surface area contributed by atoms with Gasteiger partial charge in [-0.1, -0.05) is 34.7 Å². The lowest BCUT2D eigenvalue weighted by molar-refractivity contribution is 0.102. The van der Waals surface area contributed by atoms with Gasteiger partial charge < -0.3 is 9.26 Å². The van der Waals surface area contributed by atoms with Crippen molar-refractivity contribution in [2.24, 2.45) is 0 Å². The van der Waals surface area contributed by atoms with Gasteiger partial charge in [0.05, 0.1) is 13.2 Å². The number of nitrogens with zero attached hydrogens (tertiary/aromatic N) is 4. The number of ether oxygens (including phenoxy) is 1. The molecule has 0 radical (unpaired) electrons. The molecule has 4 aromatic rings. The van der Waals surface area contributed by atoms with E-state index in [4.69, 9.17) is 9.26 Å². The first-order valence-corrected chi connectivity index (χ1v) is 12.4. The number of nitrogens with one attached hydrogen (secondary N) is 2. The quantitative estimate of drug-likeness (QED) is 0.331. The zero-order valence-electron chi connectivity index (χ0n) is 18.2. The van der Waals surface area contributed by atoms with Crippen LogP contribution in [0.4, 0.5) is 5.13 Å². The van der Waals surface area contributed by atoms with E-state index in [0.29, 0.717) is 29.3 Å². The predicted molar refractivity (Wildman–Crippen MR) is 124 cm³/mol. The fourth-order valence-corrected chi connectivity index (χ4v) is 4.80. The lowest BCUT2D eigenvalue weighted by Gasteiger charge is -2.04. The predicted octanol–water partition coefficient (Wildman–Crippen LogP) is 3.03. The highest BCUT2D eigenvalue weighted by molar-refractivity contribution is 7.91. The fraction of sp³-hybridized carbons (Fsp3) is 0.190. The number of carbonyl (C=O) groups excluding carboxylic acids is 1. The van der Waals surface area contributed by atoms with Crippen molar-refractivity contribution >= 4 is 32.4 Å². The highest BCUT2D eigenvalue weighted by Gasteiger charge is 2.22. The number of aromatic nitrogens is 4. The van der Waals surface area contributed by atoms with Gasteiger partial charge in [-0.3, -0.25) is 10.1 Å². The van der Waals surface area contributed by atoms with Gasteiger partial charge in [0, 0.05) is 11.1 Å². The summed E-state index contributed by atoms with van der Waals surface area (Å²) in [5.74, 6) is 0.701. The van der Waals surface area contributed by atoms with E-state index in [-0.39, 0.29) is 21.9 Å². The van der Waals surface area contributed by atoms with Crippen LogP contribution < -0.4 is 14.8 Å². The van der Waals surface area contributed by atoms with E-state index in [0.717, 1.165) is 16.9 Å². The van der Waals surface area contributed by atoms with Crippen molar-refractivity contribution in [3.8, 4) is 17.1 Å². The Morgan fingerprint density at radius 3 is 2.62 bits per heavy atom. The van der Waals surface area contributed by atoms with Crippen LogP contribution in [0.1, 0.15) is 28.7 Å². The average molecular weight is 501 g/mol. The first kappa shape index (κ1) is 23.5. The number of amides is 1. The van der Waals surface area contributed by atoms with Gasteiger partial charge in [-0.15, -0.1) is 10.2 Å². The van der Waals surface area contributed by atoms with Crippen molar-refractivity contribution in [3.05, 3.63) is 65.5 Å². The van der Waals surface area contributed by atoms with E-state index >= 15 is 0 Å². The summed E-state index contributed by atoms with van der Waals surface area (Å²) in [6.45, 7) is 4.01. The number of benzene rings is 2. The van der Waals surface area contributed by atoms with Gasteiger partial charge in [-0.05, 0) is 49.7 Å². The lowest BCUT2D eigenvalue weighted by atomic mass is 10.1. The van der Waals surface area contributed by atoms with Crippen molar-refractivity contribution < 1.29 is 22.5 Å². The standard InChI is InChI=1S/C21H20N6O5S2/c1-3-31-15-10-8-14(9-11-15)18-23-17(32-27-18)12-22-34(29,30)21-26-25-20(33-21)24-19(28)16-7-5-4-6-13(16)2/h4-11,22H,3,12H2,1-2H3,(H,24,25,28). The van der Waals surface area contributed by atoms with E-state index < -0.39 is 15.9 Å². The topological polar surface area (TPSA) is 149 Å². The van der Waals surface area contributed by atoms with E-state index in [1.165, 1.54) is 0 Å². The van der Waals surface area contributed by atoms with Gasteiger partial charge in [-0.25, -0.2) is 8.42 Å². The molecule has 0 saturated heterocycles. The second-order valence-electron chi connectivity index (χ2n) is 6.94. The molecular weight excluding hydrogens is 480 g/mol. The van der Waals surface area contributed by atoms with Crippen LogP contribution in [0.2, 0.25) is 0 Å². The monoisotopic (exact) mass is 500 g/mol. The largest absolute Gasteiger partial charge is 0.494 e. The summed E-state index contributed by atoms with van der Waals surface area (Å²) in [6, 6.07) is 14.1. The molecule has 2 heterocycles. The molecule has 11 nitrogen and oxygen atoms in total. The van der Waals surface area contributed by atoms with Gasteiger partial charge >= 0.3 is 0 Å². The van der Waals surface area contributed by atoms with E-state index in [2.05, 4.69) is 30.4 Å². The summed E-state index contributed by atoms with van der Waals surface area (Å²) in [7, 11) is -4.01. The minimum atomic E-state index is -4.01. The number of carbonyl (C=O) groups is 1. The molecule has 0 spiro atoms. The number of hydrogen-bond acceptors (Lipinski definition) is 10. The van der Waals surface area contributed by atoms with Crippen LogP contribution in [0.15, 0.2) is 57.4 Å². The maximum Gasteiger partial charge on any atom is 0.270 e. The highest BCUT2D eigenvalue weighted by Crippen LogP contribution is 2.22. The van der Waals surface area contributed by atoms with Crippen molar-refractivity contribution in [1.82, 2.24) is 25.1 Å². The molecule has 0 fully saturated rings. The van der Waals surface area contributed by atoms with Crippen LogP contribution in [-0.4, -0.2) is 41.3 Å². The summed E-state index contributed by atoms with van der Waals surface area (Å²) < 4.78 is 37.7. The van der Waals surface area contributed by atoms with Gasteiger partial charge in [0.25, 0.3) is 15.9 Å². The first-order chi connectivity index (χ1) is 16.4. The molecule has 1 amide bonds. The Balaban J connectivity index is 1.38. The Kier molecular flexibility index (Phi) is 6.95. The number of anilines is 1. The van der Waals surface area contributed by atoms with Crippen LogP contribution in [-0.2, 0) is 16.6 Å². The van der Waals surface area contributed by atoms with Crippen LogP contribution in [0.5, 0.6) is 5.75 Å². The number of rotatable bonds is 9. The minimum Gasteiger partial charge on any atom is -0.494 e. The van der Waals surface area contributed by atoms with E-state index in [1.807, 2.05) is 13.0 Å². The van der Waals surface area contributed by atoms with Crippen LogP contribution in [0.3, 0.4) is 0 Å². The van der Waals surface area contributed by atoms with Crippen LogP contribution >= 0.6 is 11.3 Å². The minimum absolute atomic E-state index is 0.0594. The zero-order chi connectivity index (χ0) is 24.1. The summed E-state index contributed by atoms with van der Waals surface area (Å²) >= 11 is 0.728. The second kappa shape index (κ2) is 10.1. The molecular formula is C21H20N6O5S2. The smallest absolute Gasteiger partial charge is 0.270 e. The fourth-order valence-electron chi connectivity index (χ4n) is 2.89. The SMILES string of the molecule is CCOc1ccc(-c2noc(CNS(=O)(=O)c3nnc(NC(=O)c4ccccc4C)s3)n2)cc1. The molecule has 0 aliphatic carbocycles. The molecule has 0 aliphatic heterocycles. The average Bonchev–Trinajstić information content (AvgIpc) is 3.49. The molecule has 34 heavy (non-hydrogen) atoms. The van der Waals surface area contributed by atoms with Gasteiger partial charge in [-0.2, -0.15) is 9.71 Å². The Bertz CT molecular complexity index is 1400. The molecule has 0 bridgehead atoms. The summed E-state index contributed by atoms with van der Waals surface area (Å²) in [6.07, 6.45) is 0. The maximum absolute atomic E-state index is 12.6. The van der Waals surface area contributed by atoms with Gasteiger partial charge in [0.2, 0.25) is 21.2 Å². The number of hydrogen-bond donors (Lipinski definition) is 2. The maximum atomic E-state index is 12.6. The van der Waals surface area contributed by atoms with E-state index in [9.17, 15) is 13.2 Å². The van der Waals surface area contributed by atoms with Crippen LogP contribution in [0.25, 0.3) is 11.4 Å².